The zero-order valence-electron chi connectivity index (χ0n) is 5.57. The van der Waals surface area contributed by atoms with Crippen LogP contribution in [0.5, 0.6) is 0 Å². The molecule has 1 rings (SSSR count). The van der Waals surface area contributed by atoms with Crippen LogP contribution in [-0.4, -0.2) is 0 Å². The van der Waals surface area contributed by atoms with E-state index in [1.165, 1.54) is 6.42 Å². The van der Waals surface area contributed by atoms with E-state index in [4.69, 9.17) is 0 Å². The zero-order chi connectivity index (χ0) is 5.98. The van der Waals surface area contributed by atoms with Gasteiger partial charge in [-0.2, -0.15) is 0 Å². The Morgan fingerprint density at radius 1 is 1.62 bits per heavy atom. The molecule has 0 unspecified atom stereocenters. The molecule has 0 aromatic heterocycles. The summed E-state index contributed by atoms with van der Waals surface area (Å²) in [5, 5.41) is 0. The van der Waals surface area contributed by atoms with Gasteiger partial charge in [-0.15, -0.1) is 5.92 Å². The Morgan fingerprint density at radius 3 is 2.62 bits per heavy atom. The van der Waals surface area contributed by atoms with Crippen LogP contribution in [0.1, 0.15) is 26.7 Å². The highest BCUT2D eigenvalue weighted by Gasteiger charge is 2.15. The molecular weight excluding hydrogens is 96.1 g/mol. The standard InChI is InChI=1S/C8H12/c1-3-8-6-4-5-7(8)2/h7-8H,3,6H2,1-2H3/t7-,8-/m1/s1. The summed E-state index contributed by atoms with van der Waals surface area (Å²) in [7, 11) is 0. The molecule has 44 valence electrons. The van der Waals surface area contributed by atoms with E-state index in [9.17, 15) is 0 Å². The van der Waals surface area contributed by atoms with Crippen LogP contribution in [0.2, 0.25) is 0 Å². The van der Waals surface area contributed by atoms with Gasteiger partial charge >= 0.3 is 0 Å². The molecule has 0 fully saturated rings. The predicted molar refractivity (Wildman–Crippen MR) is 35.3 cm³/mol. The van der Waals surface area contributed by atoms with Crippen LogP contribution in [0.3, 0.4) is 0 Å². The molecule has 0 heterocycles. The molecule has 0 saturated heterocycles. The minimum atomic E-state index is 0.667. The second kappa shape index (κ2) is 2.22. The lowest BCUT2D eigenvalue weighted by molar-refractivity contribution is 0.445. The van der Waals surface area contributed by atoms with Crippen molar-refractivity contribution in [2.24, 2.45) is 11.8 Å². The third-order valence-corrected chi connectivity index (χ3v) is 1.93. The van der Waals surface area contributed by atoms with Crippen molar-refractivity contribution >= 4 is 0 Å². The normalized spacial score (nSPS) is 34.2. The minimum Gasteiger partial charge on any atom is -0.103 e. The highest BCUT2D eigenvalue weighted by atomic mass is 14.2. The van der Waals surface area contributed by atoms with Gasteiger partial charge in [0.15, 0.2) is 0 Å². The summed E-state index contributed by atoms with van der Waals surface area (Å²) in [6, 6.07) is 0. The van der Waals surface area contributed by atoms with Gasteiger partial charge in [-0.05, 0) is 5.92 Å². The molecule has 0 saturated carbocycles. The largest absolute Gasteiger partial charge is 0.103 e. The third-order valence-electron chi connectivity index (χ3n) is 1.93. The Morgan fingerprint density at radius 2 is 2.38 bits per heavy atom. The van der Waals surface area contributed by atoms with Crippen LogP contribution in [0.4, 0.5) is 0 Å². The molecule has 1 aliphatic rings. The number of hydrogen-bond acceptors (Lipinski definition) is 0. The lowest BCUT2D eigenvalue weighted by Gasteiger charge is -2.08. The second-order valence-corrected chi connectivity index (χ2v) is 2.48. The smallest absolute Gasteiger partial charge is 0.0211 e. The Kier molecular flexibility index (Phi) is 1.58. The van der Waals surface area contributed by atoms with Crippen molar-refractivity contribution in [1.82, 2.24) is 0 Å². The Bertz CT molecular complexity index is 125. The first-order valence-electron chi connectivity index (χ1n) is 3.33. The van der Waals surface area contributed by atoms with Crippen molar-refractivity contribution in [1.29, 1.82) is 0 Å². The summed E-state index contributed by atoms with van der Waals surface area (Å²) in [5.41, 5.74) is 0. The van der Waals surface area contributed by atoms with Crippen molar-refractivity contribution in [3.05, 3.63) is 0 Å². The van der Waals surface area contributed by atoms with E-state index in [0.29, 0.717) is 5.92 Å². The molecule has 0 spiro atoms. The van der Waals surface area contributed by atoms with Gasteiger partial charge in [0.05, 0.1) is 0 Å². The van der Waals surface area contributed by atoms with Crippen molar-refractivity contribution < 1.29 is 0 Å². The quantitative estimate of drug-likeness (QED) is 0.451. The van der Waals surface area contributed by atoms with Gasteiger partial charge in [0.1, 0.15) is 0 Å². The fourth-order valence-electron chi connectivity index (χ4n) is 1.14. The van der Waals surface area contributed by atoms with E-state index in [1.807, 2.05) is 0 Å². The first kappa shape index (κ1) is 5.69. The van der Waals surface area contributed by atoms with E-state index in [2.05, 4.69) is 25.7 Å². The average molecular weight is 108 g/mol. The van der Waals surface area contributed by atoms with E-state index >= 15 is 0 Å². The van der Waals surface area contributed by atoms with Crippen molar-refractivity contribution in [2.45, 2.75) is 26.7 Å². The topological polar surface area (TPSA) is 0 Å². The van der Waals surface area contributed by atoms with Gasteiger partial charge < -0.3 is 0 Å². The van der Waals surface area contributed by atoms with E-state index in [1.54, 1.807) is 0 Å². The third kappa shape index (κ3) is 0.865. The lowest BCUT2D eigenvalue weighted by Crippen LogP contribution is -2.02. The van der Waals surface area contributed by atoms with Gasteiger partial charge in [0, 0.05) is 12.3 Å². The molecule has 0 nitrogen and oxygen atoms in total. The molecule has 2 atom stereocenters. The second-order valence-electron chi connectivity index (χ2n) is 2.48. The molecule has 0 N–H and O–H groups in total. The van der Waals surface area contributed by atoms with Crippen molar-refractivity contribution in [2.75, 3.05) is 0 Å². The van der Waals surface area contributed by atoms with Gasteiger partial charge in [0.25, 0.3) is 0 Å². The summed E-state index contributed by atoms with van der Waals surface area (Å²) in [4.78, 5) is 0. The molecule has 0 aromatic rings. The van der Waals surface area contributed by atoms with E-state index in [0.717, 1.165) is 12.3 Å². The maximum atomic E-state index is 3.17. The van der Waals surface area contributed by atoms with Crippen LogP contribution < -0.4 is 0 Å². The van der Waals surface area contributed by atoms with Crippen LogP contribution >= 0.6 is 0 Å². The first-order chi connectivity index (χ1) is 3.84. The summed E-state index contributed by atoms with van der Waals surface area (Å²) in [6.07, 6.45) is 2.42. The molecule has 8 heavy (non-hydrogen) atoms. The number of rotatable bonds is 1. The Labute approximate surface area is 51.3 Å². The van der Waals surface area contributed by atoms with Gasteiger partial charge in [0.2, 0.25) is 0 Å². The Hall–Kier alpha value is -0.440. The van der Waals surface area contributed by atoms with Gasteiger partial charge in [-0.3, -0.25) is 0 Å². The number of hydrogen-bond donors (Lipinski definition) is 0. The van der Waals surface area contributed by atoms with E-state index in [-0.39, 0.29) is 0 Å². The van der Waals surface area contributed by atoms with E-state index < -0.39 is 0 Å². The fraction of sp³-hybridized carbons (Fsp3) is 0.750. The van der Waals surface area contributed by atoms with Gasteiger partial charge in [-0.1, -0.05) is 26.2 Å². The maximum absolute atomic E-state index is 3.17. The molecule has 0 bridgehead atoms. The average Bonchev–Trinajstić information content (AvgIpc) is 2.14. The fourth-order valence-corrected chi connectivity index (χ4v) is 1.14. The first-order valence-corrected chi connectivity index (χ1v) is 3.33. The van der Waals surface area contributed by atoms with Crippen LogP contribution in [0, 0.1) is 23.7 Å². The summed E-state index contributed by atoms with van der Waals surface area (Å²) in [5.74, 6) is 7.80. The van der Waals surface area contributed by atoms with Crippen molar-refractivity contribution in [3.8, 4) is 11.8 Å². The van der Waals surface area contributed by atoms with Gasteiger partial charge in [-0.25, -0.2) is 0 Å². The molecule has 0 amide bonds. The van der Waals surface area contributed by atoms with Crippen LogP contribution in [-0.2, 0) is 0 Å². The highest BCUT2D eigenvalue weighted by Crippen LogP contribution is 2.22. The summed E-state index contributed by atoms with van der Waals surface area (Å²) in [6.45, 7) is 4.45. The molecule has 0 heteroatoms. The zero-order valence-corrected chi connectivity index (χ0v) is 5.57. The molecule has 0 aliphatic heterocycles. The Balaban J connectivity index is 2.41. The maximum Gasteiger partial charge on any atom is 0.0211 e. The highest BCUT2D eigenvalue weighted by molar-refractivity contribution is 5.12. The minimum absolute atomic E-state index is 0.667. The van der Waals surface area contributed by atoms with Crippen LogP contribution in [0.25, 0.3) is 0 Å². The monoisotopic (exact) mass is 108 g/mol. The SMILES string of the molecule is CC[C@@H]1CC#C[C@H]1C. The molecule has 0 aromatic carbocycles. The van der Waals surface area contributed by atoms with Crippen LogP contribution in [0.15, 0.2) is 0 Å². The summed E-state index contributed by atoms with van der Waals surface area (Å²) < 4.78 is 0. The van der Waals surface area contributed by atoms with Crippen molar-refractivity contribution in [3.63, 3.8) is 0 Å². The predicted octanol–water partition coefficient (Wildman–Crippen LogP) is 2.06. The summed E-state index contributed by atoms with van der Waals surface area (Å²) >= 11 is 0. The molecule has 1 aliphatic carbocycles. The molecular formula is C8H12. The molecule has 0 radical (unpaired) electrons. The lowest BCUT2D eigenvalue weighted by atomic mass is 9.95.